The number of fused-ring (bicyclic) bond motifs is 2. The van der Waals surface area contributed by atoms with E-state index in [1.807, 2.05) is 18.3 Å². The van der Waals surface area contributed by atoms with E-state index in [9.17, 15) is 9.90 Å². The number of benzene rings is 2. The van der Waals surface area contributed by atoms with Gasteiger partial charge in [0.15, 0.2) is 0 Å². The van der Waals surface area contributed by atoms with Gasteiger partial charge in [-0.1, -0.05) is 54.6 Å². The Balaban J connectivity index is 1.18. The Morgan fingerprint density at radius 1 is 1.10 bits per heavy atom. The van der Waals surface area contributed by atoms with Crippen molar-refractivity contribution < 1.29 is 9.90 Å². The number of β-amino-alcohol motifs (C(OH)–C–C–N with tert-alkyl or cyclic N) is 1. The second-order valence-electron chi connectivity index (χ2n) is 8.58. The molecule has 2 aromatic carbocycles. The summed E-state index contributed by atoms with van der Waals surface area (Å²) >= 11 is 0. The topological polar surface area (TPSA) is 70.4 Å². The van der Waals surface area contributed by atoms with Crippen molar-refractivity contribution in [3.63, 3.8) is 0 Å². The average molecular weight is 417 g/mol. The lowest BCUT2D eigenvalue weighted by atomic mass is 9.90. The first kappa shape index (κ1) is 20.0. The van der Waals surface area contributed by atoms with Crippen molar-refractivity contribution in [1.29, 1.82) is 0 Å². The molecule has 2 atom stereocenters. The number of imidazole rings is 1. The second-order valence-corrected chi connectivity index (χ2v) is 8.58. The van der Waals surface area contributed by atoms with Gasteiger partial charge in [0.1, 0.15) is 17.7 Å². The van der Waals surface area contributed by atoms with E-state index in [1.165, 1.54) is 16.7 Å². The summed E-state index contributed by atoms with van der Waals surface area (Å²) in [5, 5.41) is 13.2. The molecule has 3 heterocycles. The van der Waals surface area contributed by atoms with Gasteiger partial charge in [0.25, 0.3) is 5.91 Å². The maximum absolute atomic E-state index is 12.7. The molecule has 5 rings (SSSR count). The van der Waals surface area contributed by atoms with Crippen molar-refractivity contribution in [1.82, 2.24) is 19.8 Å². The van der Waals surface area contributed by atoms with Crippen molar-refractivity contribution in [2.24, 2.45) is 0 Å². The Kier molecular flexibility index (Phi) is 5.57. The maximum atomic E-state index is 12.7. The molecule has 1 amide bonds. The van der Waals surface area contributed by atoms with Gasteiger partial charge in [-0.05, 0) is 35.4 Å². The number of aryl methyl sites for hydroxylation is 1. The van der Waals surface area contributed by atoms with Gasteiger partial charge in [0.05, 0.1) is 0 Å². The Bertz CT molecular complexity index is 1060. The summed E-state index contributed by atoms with van der Waals surface area (Å²) < 4.78 is 2.07. The van der Waals surface area contributed by atoms with Gasteiger partial charge in [-0.25, -0.2) is 4.98 Å². The monoisotopic (exact) mass is 416 g/mol. The molecule has 0 spiro atoms. The van der Waals surface area contributed by atoms with E-state index in [-0.39, 0.29) is 5.91 Å². The van der Waals surface area contributed by atoms with Crippen LogP contribution >= 0.6 is 0 Å². The lowest BCUT2D eigenvalue weighted by Crippen LogP contribution is -2.45. The van der Waals surface area contributed by atoms with E-state index in [4.69, 9.17) is 0 Å². The highest BCUT2D eigenvalue weighted by Crippen LogP contribution is 2.29. The molecule has 2 aliphatic rings. The number of aliphatic hydroxyl groups is 1. The normalized spacial score (nSPS) is 19.3. The quantitative estimate of drug-likeness (QED) is 0.628. The first-order valence-electron chi connectivity index (χ1n) is 11.0. The molecule has 160 valence electrons. The van der Waals surface area contributed by atoms with E-state index in [1.54, 1.807) is 0 Å². The molecule has 1 aromatic heterocycles. The molecular weight excluding hydrogens is 388 g/mol. The van der Waals surface area contributed by atoms with Crippen molar-refractivity contribution >= 4 is 5.91 Å². The molecular formula is C25H28N4O2. The van der Waals surface area contributed by atoms with Crippen molar-refractivity contribution in [3.05, 3.63) is 89.0 Å². The lowest BCUT2D eigenvalue weighted by Gasteiger charge is -2.30. The predicted molar refractivity (Wildman–Crippen MR) is 119 cm³/mol. The van der Waals surface area contributed by atoms with Crippen LogP contribution in [0.25, 0.3) is 0 Å². The number of carbonyl (C=O) groups excluding carboxylic acids is 1. The zero-order valence-corrected chi connectivity index (χ0v) is 17.6. The van der Waals surface area contributed by atoms with Gasteiger partial charge in [-0.15, -0.1) is 0 Å². The fraction of sp³-hybridized carbons (Fsp3) is 0.360. The maximum Gasteiger partial charge on any atom is 0.273 e. The fourth-order valence-electron chi connectivity index (χ4n) is 4.77. The molecule has 2 N–H and O–H groups in total. The molecule has 3 aromatic rings. The van der Waals surface area contributed by atoms with E-state index in [0.29, 0.717) is 18.2 Å². The summed E-state index contributed by atoms with van der Waals surface area (Å²) in [7, 11) is 0. The smallest absolute Gasteiger partial charge is 0.273 e. The number of hydrogen-bond acceptors (Lipinski definition) is 4. The minimum Gasteiger partial charge on any atom is -0.372 e. The molecule has 0 saturated carbocycles. The van der Waals surface area contributed by atoms with Gasteiger partial charge in [0.2, 0.25) is 0 Å². The largest absolute Gasteiger partial charge is 0.372 e. The van der Waals surface area contributed by atoms with Crippen LogP contribution in [0.4, 0.5) is 0 Å². The third-order valence-electron chi connectivity index (χ3n) is 6.45. The molecule has 2 unspecified atom stereocenters. The van der Waals surface area contributed by atoms with Crippen LogP contribution in [-0.4, -0.2) is 44.8 Å². The van der Waals surface area contributed by atoms with Gasteiger partial charge in [-0.3, -0.25) is 9.69 Å². The summed E-state index contributed by atoms with van der Waals surface area (Å²) in [5.74, 6) is 1.05. The number of aliphatic hydroxyl groups excluding tert-OH is 1. The highest BCUT2D eigenvalue weighted by molar-refractivity contribution is 5.92. The molecule has 0 fully saturated rings. The SMILES string of the molecule is O=C(NC(O)CN1CCc2ccccc2C1)c1cn2c(n1)CC(c1ccccc1)CC2. The van der Waals surface area contributed by atoms with Gasteiger partial charge < -0.3 is 15.0 Å². The molecule has 6 nitrogen and oxygen atoms in total. The van der Waals surface area contributed by atoms with E-state index >= 15 is 0 Å². The van der Waals surface area contributed by atoms with Crippen molar-refractivity contribution in [2.75, 3.05) is 13.1 Å². The summed E-state index contributed by atoms with van der Waals surface area (Å²) in [5.41, 5.74) is 4.37. The van der Waals surface area contributed by atoms with Gasteiger partial charge in [0, 0.05) is 38.8 Å². The number of carbonyl (C=O) groups is 1. The molecule has 31 heavy (non-hydrogen) atoms. The van der Waals surface area contributed by atoms with Crippen LogP contribution in [0.3, 0.4) is 0 Å². The zero-order valence-electron chi connectivity index (χ0n) is 17.6. The predicted octanol–water partition coefficient (Wildman–Crippen LogP) is 2.72. The number of amides is 1. The third kappa shape index (κ3) is 4.40. The summed E-state index contributed by atoms with van der Waals surface area (Å²) in [6.07, 6.45) is 3.72. The second kappa shape index (κ2) is 8.65. The molecule has 0 saturated heterocycles. The van der Waals surface area contributed by atoms with Crippen molar-refractivity contribution in [2.45, 2.75) is 44.5 Å². The van der Waals surface area contributed by atoms with E-state index in [0.717, 1.165) is 44.7 Å². The van der Waals surface area contributed by atoms with Crippen molar-refractivity contribution in [3.8, 4) is 0 Å². The summed E-state index contributed by atoms with van der Waals surface area (Å²) in [6.45, 7) is 2.93. The number of rotatable bonds is 5. The Labute approximate surface area is 182 Å². The molecule has 6 heteroatoms. The highest BCUT2D eigenvalue weighted by atomic mass is 16.3. The molecule has 0 bridgehead atoms. The van der Waals surface area contributed by atoms with Crippen LogP contribution < -0.4 is 5.32 Å². The van der Waals surface area contributed by atoms with Crippen LogP contribution in [0, 0.1) is 0 Å². The van der Waals surface area contributed by atoms with Crippen LogP contribution in [-0.2, 0) is 25.9 Å². The third-order valence-corrected chi connectivity index (χ3v) is 6.45. The number of nitrogens with one attached hydrogen (secondary N) is 1. The van der Waals surface area contributed by atoms with Crippen LogP contribution in [0.2, 0.25) is 0 Å². The number of nitrogens with zero attached hydrogens (tertiary/aromatic N) is 3. The lowest BCUT2D eigenvalue weighted by molar-refractivity contribution is 0.0613. The van der Waals surface area contributed by atoms with Crippen LogP contribution in [0.5, 0.6) is 0 Å². The minimum absolute atomic E-state index is 0.317. The Morgan fingerprint density at radius 2 is 1.87 bits per heavy atom. The van der Waals surface area contributed by atoms with Gasteiger partial charge in [-0.2, -0.15) is 0 Å². The average Bonchev–Trinajstić information content (AvgIpc) is 3.23. The van der Waals surface area contributed by atoms with Gasteiger partial charge >= 0.3 is 0 Å². The van der Waals surface area contributed by atoms with Crippen LogP contribution in [0.15, 0.2) is 60.8 Å². The molecule has 0 radical (unpaired) electrons. The Hall–Kier alpha value is -2.96. The minimum atomic E-state index is -0.923. The molecule has 0 aliphatic carbocycles. The highest BCUT2D eigenvalue weighted by Gasteiger charge is 2.25. The van der Waals surface area contributed by atoms with E-state index < -0.39 is 6.23 Å². The van der Waals surface area contributed by atoms with Crippen LogP contribution in [0.1, 0.15) is 45.3 Å². The standard InChI is InChI=1S/C25H28N4O2/c30-24(17-28-12-10-19-8-4-5-9-21(19)15-28)27-25(31)22-16-29-13-11-20(14-23(29)26-22)18-6-2-1-3-7-18/h1-9,16,20,24,30H,10-15,17H2,(H,27,31). The Morgan fingerprint density at radius 3 is 2.71 bits per heavy atom. The summed E-state index contributed by atoms with van der Waals surface area (Å²) in [6, 6.07) is 18.9. The number of aromatic nitrogens is 2. The molecule has 2 aliphatic heterocycles. The fourth-order valence-corrected chi connectivity index (χ4v) is 4.77. The number of hydrogen-bond donors (Lipinski definition) is 2. The zero-order chi connectivity index (χ0) is 21.2. The van der Waals surface area contributed by atoms with E-state index in [2.05, 4.69) is 62.2 Å². The summed E-state index contributed by atoms with van der Waals surface area (Å²) in [4.78, 5) is 19.5. The first-order chi connectivity index (χ1) is 15.2. The first-order valence-corrected chi connectivity index (χ1v) is 11.0.